The van der Waals surface area contributed by atoms with Gasteiger partial charge in [-0.15, -0.1) is 0 Å². The number of benzene rings is 2. The minimum absolute atomic E-state index is 0.231. The first-order valence-electron chi connectivity index (χ1n) is 6.16. The van der Waals surface area contributed by atoms with Crippen molar-refractivity contribution in [2.24, 2.45) is 0 Å². The van der Waals surface area contributed by atoms with Gasteiger partial charge in [0.25, 0.3) is 0 Å². The molecular weight excluding hydrogens is 327 g/mol. The van der Waals surface area contributed by atoms with Crippen LogP contribution in [0.2, 0.25) is 5.02 Å². The highest BCUT2D eigenvalue weighted by molar-refractivity contribution is 9.09. The van der Waals surface area contributed by atoms with Gasteiger partial charge in [0, 0.05) is 10.4 Å². The average Bonchev–Trinajstić information content (AvgIpc) is 2.39. The number of hydrogen-bond donors (Lipinski definition) is 0. The summed E-state index contributed by atoms with van der Waals surface area (Å²) in [4.78, 5) is 0. The van der Waals surface area contributed by atoms with Gasteiger partial charge in [-0.2, -0.15) is 0 Å². The zero-order chi connectivity index (χ0) is 13.8. The molecule has 0 bridgehead atoms. The standard InChI is InChI=1S/C16H15BrClF/c1-11-2-4-12(5-3-11)14(10-17)8-13-6-7-15(18)9-16(13)19/h2-7,9,14H,8,10H2,1H3. The average molecular weight is 342 g/mol. The van der Waals surface area contributed by atoms with Gasteiger partial charge in [0.15, 0.2) is 0 Å². The lowest BCUT2D eigenvalue weighted by Gasteiger charge is -2.15. The molecule has 0 N–H and O–H groups in total. The van der Waals surface area contributed by atoms with E-state index < -0.39 is 0 Å². The fraction of sp³-hybridized carbons (Fsp3) is 0.250. The minimum Gasteiger partial charge on any atom is -0.207 e. The lowest BCUT2D eigenvalue weighted by molar-refractivity contribution is 0.599. The number of rotatable bonds is 4. The number of halogens is 3. The van der Waals surface area contributed by atoms with Crippen LogP contribution in [0.15, 0.2) is 42.5 Å². The van der Waals surface area contributed by atoms with E-state index in [4.69, 9.17) is 11.6 Å². The maximum Gasteiger partial charge on any atom is 0.127 e. The van der Waals surface area contributed by atoms with Gasteiger partial charge in [-0.1, -0.05) is 63.4 Å². The fourth-order valence-corrected chi connectivity index (χ4v) is 2.81. The lowest BCUT2D eigenvalue weighted by atomic mass is 9.93. The summed E-state index contributed by atoms with van der Waals surface area (Å²) in [6.45, 7) is 2.06. The first-order valence-corrected chi connectivity index (χ1v) is 7.66. The maximum atomic E-state index is 13.8. The molecule has 0 amide bonds. The Labute approximate surface area is 126 Å². The van der Waals surface area contributed by atoms with Crippen molar-refractivity contribution in [2.75, 3.05) is 5.33 Å². The van der Waals surface area contributed by atoms with Gasteiger partial charge in [0.1, 0.15) is 5.82 Å². The molecule has 0 radical (unpaired) electrons. The largest absolute Gasteiger partial charge is 0.207 e. The van der Waals surface area contributed by atoms with Gasteiger partial charge in [-0.3, -0.25) is 0 Å². The van der Waals surface area contributed by atoms with Gasteiger partial charge < -0.3 is 0 Å². The SMILES string of the molecule is Cc1ccc(C(CBr)Cc2ccc(Cl)cc2F)cc1. The highest BCUT2D eigenvalue weighted by Crippen LogP contribution is 2.25. The van der Waals surface area contributed by atoms with Crippen LogP contribution in [0.4, 0.5) is 4.39 Å². The molecule has 1 atom stereocenters. The van der Waals surface area contributed by atoms with Crippen molar-refractivity contribution in [3.63, 3.8) is 0 Å². The molecule has 3 heteroatoms. The Bertz CT molecular complexity index is 551. The second-order valence-corrected chi connectivity index (χ2v) is 5.79. The Morgan fingerprint density at radius 2 is 1.84 bits per heavy atom. The quantitative estimate of drug-likeness (QED) is 0.643. The number of alkyl halides is 1. The molecule has 1 unspecified atom stereocenters. The first-order chi connectivity index (χ1) is 9.10. The zero-order valence-corrected chi connectivity index (χ0v) is 13.0. The molecule has 2 aromatic carbocycles. The van der Waals surface area contributed by atoms with Crippen molar-refractivity contribution in [3.05, 3.63) is 70.0 Å². The molecule has 0 fully saturated rings. The lowest BCUT2D eigenvalue weighted by Crippen LogP contribution is -2.06. The highest BCUT2D eigenvalue weighted by atomic mass is 79.9. The van der Waals surface area contributed by atoms with Crippen LogP contribution < -0.4 is 0 Å². The summed E-state index contributed by atoms with van der Waals surface area (Å²) in [6.07, 6.45) is 0.664. The molecule has 2 rings (SSSR count). The third-order valence-corrected chi connectivity index (χ3v) is 4.23. The summed E-state index contributed by atoms with van der Waals surface area (Å²) in [7, 11) is 0. The van der Waals surface area contributed by atoms with Crippen molar-refractivity contribution in [3.8, 4) is 0 Å². The Balaban J connectivity index is 2.21. The Morgan fingerprint density at radius 1 is 1.16 bits per heavy atom. The van der Waals surface area contributed by atoms with Crippen LogP contribution in [0, 0.1) is 12.7 Å². The zero-order valence-electron chi connectivity index (χ0n) is 10.7. The molecule has 0 nitrogen and oxygen atoms in total. The van der Waals surface area contributed by atoms with E-state index in [0.717, 1.165) is 5.33 Å². The smallest absolute Gasteiger partial charge is 0.127 e. The second-order valence-electron chi connectivity index (χ2n) is 4.70. The molecular formula is C16H15BrClF. The third kappa shape index (κ3) is 3.80. The van der Waals surface area contributed by atoms with Crippen LogP contribution in [-0.4, -0.2) is 5.33 Å². The predicted molar refractivity (Wildman–Crippen MR) is 82.8 cm³/mol. The van der Waals surface area contributed by atoms with Gasteiger partial charge in [0.2, 0.25) is 0 Å². The summed E-state index contributed by atoms with van der Waals surface area (Å²) in [5.41, 5.74) is 3.15. The van der Waals surface area contributed by atoms with Crippen molar-refractivity contribution < 1.29 is 4.39 Å². The van der Waals surface area contributed by atoms with Crippen molar-refractivity contribution in [1.29, 1.82) is 0 Å². The topological polar surface area (TPSA) is 0 Å². The summed E-state index contributed by atoms with van der Waals surface area (Å²) in [6, 6.07) is 13.3. The third-order valence-electron chi connectivity index (χ3n) is 3.22. The molecule has 0 aromatic heterocycles. The van der Waals surface area contributed by atoms with E-state index in [1.54, 1.807) is 12.1 Å². The predicted octanol–water partition coefficient (Wildman–Crippen LogP) is 5.51. The van der Waals surface area contributed by atoms with Crippen LogP contribution in [0.5, 0.6) is 0 Å². The Kier molecular flexibility index (Phi) is 5.00. The van der Waals surface area contributed by atoms with E-state index in [1.807, 2.05) is 0 Å². The molecule has 0 aliphatic rings. The van der Waals surface area contributed by atoms with Gasteiger partial charge in [0.05, 0.1) is 0 Å². The van der Waals surface area contributed by atoms with Gasteiger partial charge in [-0.05, 0) is 42.5 Å². The normalized spacial score (nSPS) is 12.4. The summed E-state index contributed by atoms with van der Waals surface area (Å²) >= 11 is 9.29. The molecule has 2 aromatic rings. The van der Waals surface area contributed by atoms with Gasteiger partial charge >= 0.3 is 0 Å². The molecule has 0 spiro atoms. The van der Waals surface area contributed by atoms with E-state index in [1.165, 1.54) is 17.2 Å². The molecule has 0 aliphatic heterocycles. The summed E-state index contributed by atoms with van der Waals surface area (Å²) in [5.74, 6) is 0.0295. The van der Waals surface area contributed by atoms with Gasteiger partial charge in [-0.25, -0.2) is 4.39 Å². The van der Waals surface area contributed by atoms with E-state index >= 15 is 0 Å². The first kappa shape index (κ1) is 14.5. The van der Waals surface area contributed by atoms with Crippen molar-refractivity contribution in [2.45, 2.75) is 19.3 Å². The number of hydrogen-bond acceptors (Lipinski definition) is 0. The Morgan fingerprint density at radius 3 is 2.42 bits per heavy atom. The monoisotopic (exact) mass is 340 g/mol. The molecule has 0 saturated carbocycles. The molecule has 100 valence electrons. The van der Waals surface area contributed by atoms with E-state index in [2.05, 4.69) is 47.1 Å². The second kappa shape index (κ2) is 6.53. The van der Waals surface area contributed by atoms with E-state index in [0.29, 0.717) is 17.0 Å². The fourth-order valence-electron chi connectivity index (χ4n) is 2.05. The highest BCUT2D eigenvalue weighted by Gasteiger charge is 2.13. The number of aryl methyl sites for hydroxylation is 1. The molecule has 0 aliphatic carbocycles. The molecule has 0 heterocycles. The van der Waals surface area contributed by atoms with Crippen molar-refractivity contribution in [1.82, 2.24) is 0 Å². The van der Waals surface area contributed by atoms with E-state index in [9.17, 15) is 4.39 Å². The molecule has 19 heavy (non-hydrogen) atoms. The van der Waals surface area contributed by atoms with Crippen LogP contribution in [0.3, 0.4) is 0 Å². The summed E-state index contributed by atoms with van der Waals surface area (Å²) < 4.78 is 13.8. The van der Waals surface area contributed by atoms with Crippen LogP contribution in [0.25, 0.3) is 0 Å². The van der Waals surface area contributed by atoms with Crippen LogP contribution >= 0.6 is 27.5 Å². The summed E-state index contributed by atoms with van der Waals surface area (Å²) in [5, 5.41) is 1.24. The molecule has 0 saturated heterocycles. The minimum atomic E-state index is -0.231. The van der Waals surface area contributed by atoms with E-state index in [-0.39, 0.29) is 11.7 Å². The maximum absolute atomic E-state index is 13.8. The van der Waals surface area contributed by atoms with Crippen molar-refractivity contribution >= 4 is 27.5 Å². The Hall–Kier alpha value is -0.860. The van der Waals surface area contributed by atoms with Crippen LogP contribution in [0.1, 0.15) is 22.6 Å². The van der Waals surface area contributed by atoms with Crippen LogP contribution in [-0.2, 0) is 6.42 Å².